The first kappa shape index (κ1) is 23.6. The standard InChI is InChI=1S/C35H33N/c1-5-13-26-22-23-30-29(31-18-9-10-21-33(31)35(2,3)4)19-12-20-32(30)34(26)36-28-17-11-16-27(24-28)25-14-7-6-8-15-25/h5-24,36H,1-4H3/b13-5-. The summed E-state index contributed by atoms with van der Waals surface area (Å²) in [4.78, 5) is 0. The van der Waals surface area contributed by atoms with Gasteiger partial charge in [0.15, 0.2) is 0 Å². The fourth-order valence-electron chi connectivity index (χ4n) is 4.99. The summed E-state index contributed by atoms with van der Waals surface area (Å²) in [6.07, 6.45) is 4.28. The van der Waals surface area contributed by atoms with Gasteiger partial charge < -0.3 is 5.32 Å². The molecule has 36 heavy (non-hydrogen) atoms. The summed E-state index contributed by atoms with van der Waals surface area (Å²) in [5.74, 6) is 0. The van der Waals surface area contributed by atoms with Crippen LogP contribution >= 0.6 is 0 Å². The molecule has 0 atom stereocenters. The molecule has 5 aromatic carbocycles. The van der Waals surface area contributed by atoms with Gasteiger partial charge in [-0.2, -0.15) is 0 Å². The molecule has 5 rings (SSSR count). The summed E-state index contributed by atoms with van der Waals surface area (Å²) in [7, 11) is 0. The predicted octanol–water partition coefficient (Wildman–Crippen LogP) is 10.2. The molecule has 0 saturated carbocycles. The topological polar surface area (TPSA) is 12.0 Å². The van der Waals surface area contributed by atoms with Crippen LogP contribution < -0.4 is 5.32 Å². The van der Waals surface area contributed by atoms with Gasteiger partial charge in [-0.05, 0) is 63.2 Å². The first-order valence-corrected chi connectivity index (χ1v) is 12.7. The summed E-state index contributed by atoms with van der Waals surface area (Å²) in [6.45, 7) is 8.93. The average Bonchev–Trinajstić information content (AvgIpc) is 2.90. The maximum absolute atomic E-state index is 3.78. The zero-order valence-corrected chi connectivity index (χ0v) is 21.5. The Bertz CT molecular complexity index is 1530. The molecule has 1 heteroatoms. The Balaban J connectivity index is 1.67. The van der Waals surface area contributed by atoms with E-state index in [0.717, 1.165) is 11.4 Å². The number of rotatable bonds is 5. The van der Waals surface area contributed by atoms with E-state index in [1.165, 1.54) is 44.2 Å². The van der Waals surface area contributed by atoms with Crippen molar-refractivity contribution >= 4 is 28.2 Å². The van der Waals surface area contributed by atoms with Crippen LogP contribution in [0.3, 0.4) is 0 Å². The smallest absolute Gasteiger partial charge is 0.0537 e. The van der Waals surface area contributed by atoms with Crippen molar-refractivity contribution in [2.45, 2.75) is 33.1 Å². The predicted molar refractivity (Wildman–Crippen MR) is 158 cm³/mol. The molecule has 0 saturated heterocycles. The Kier molecular flexibility index (Phi) is 6.48. The highest BCUT2D eigenvalue weighted by molar-refractivity contribution is 6.06. The van der Waals surface area contributed by atoms with Crippen molar-refractivity contribution in [2.75, 3.05) is 5.32 Å². The van der Waals surface area contributed by atoms with Crippen molar-refractivity contribution in [3.63, 3.8) is 0 Å². The molecule has 0 spiro atoms. The van der Waals surface area contributed by atoms with Gasteiger partial charge in [-0.1, -0.05) is 130 Å². The van der Waals surface area contributed by atoms with Crippen LogP contribution in [0.25, 0.3) is 39.1 Å². The maximum atomic E-state index is 3.78. The Hall–Kier alpha value is -4.10. The van der Waals surface area contributed by atoms with Crippen molar-refractivity contribution in [3.05, 3.63) is 126 Å². The summed E-state index contributed by atoms with van der Waals surface area (Å²) in [6, 6.07) is 39.2. The molecule has 0 fully saturated rings. The minimum atomic E-state index is 0.0581. The summed E-state index contributed by atoms with van der Waals surface area (Å²) in [5, 5.41) is 6.26. The normalized spacial score (nSPS) is 11.8. The van der Waals surface area contributed by atoms with Gasteiger partial charge in [0.1, 0.15) is 0 Å². The molecule has 0 aliphatic heterocycles. The first-order valence-electron chi connectivity index (χ1n) is 12.7. The van der Waals surface area contributed by atoms with E-state index >= 15 is 0 Å². The lowest BCUT2D eigenvalue weighted by Crippen LogP contribution is -2.12. The van der Waals surface area contributed by atoms with E-state index in [0.29, 0.717) is 0 Å². The number of anilines is 2. The van der Waals surface area contributed by atoms with E-state index < -0.39 is 0 Å². The molecule has 0 bridgehead atoms. The average molecular weight is 468 g/mol. The van der Waals surface area contributed by atoms with Crippen LogP contribution in [0.2, 0.25) is 0 Å². The van der Waals surface area contributed by atoms with Crippen LogP contribution in [0.15, 0.2) is 115 Å². The van der Waals surface area contributed by atoms with E-state index in [-0.39, 0.29) is 5.41 Å². The molecule has 178 valence electrons. The zero-order valence-electron chi connectivity index (χ0n) is 21.5. The Morgan fingerprint density at radius 1 is 0.611 bits per heavy atom. The number of fused-ring (bicyclic) bond motifs is 1. The lowest BCUT2D eigenvalue weighted by Gasteiger charge is -2.24. The second kappa shape index (κ2) is 9.87. The summed E-state index contributed by atoms with van der Waals surface area (Å²) >= 11 is 0. The zero-order chi connectivity index (χ0) is 25.1. The SMILES string of the molecule is C/C=C\c1ccc2c(-c3ccccc3C(C)(C)C)cccc2c1Nc1cccc(-c2ccccc2)c1. The van der Waals surface area contributed by atoms with Gasteiger partial charge in [-0.3, -0.25) is 0 Å². The lowest BCUT2D eigenvalue weighted by molar-refractivity contribution is 0.592. The van der Waals surface area contributed by atoms with E-state index in [4.69, 9.17) is 0 Å². The third-order valence-electron chi connectivity index (χ3n) is 6.70. The molecule has 0 amide bonds. The molecular formula is C35H33N. The molecule has 0 radical (unpaired) electrons. The highest BCUT2D eigenvalue weighted by Gasteiger charge is 2.20. The van der Waals surface area contributed by atoms with Crippen molar-refractivity contribution in [3.8, 4) is 22.3 Å². The molecule has 1 N–H and O–H groups in total. The molecule has 0 aromatic heterocycles. The van der Waals surface area contributed by atoms with Crippen LogP contribution in [0.4, 0.5) is 11.4 Å². The summed E-state index contributed by atoms with van der Waals surface area (Å²) in [5.41, 5.74) is 9.79. The van der Waals surface area contributed by atoms with Crippen LogP contribution in [0.1, 0.15) is 38.8 Å². The van der Waals surface area contributed by atoms with Crippen molar-refractivity contribution in [2.24, 2.45) is 0 Å². The van der Waals surface area contributed by atoms with Gasteiger partial charge in [0.2, 0.25) is 0 Å². The largest absolute Gasteiger partial charge is 0.355 e. The minimum absolute atomic E-state index is 0.0581. The molecule has 0 heterocycles. The lowest BCUT2D eigenvalue weighted by atomic mass is 9.81. The van der Waals surface area contributed by atoms with Crippen LogP contribution in [-0.2, 0) is 5.41 Å². The third kappa shape index (κ3) is 4.70. The molecule has 0 aliphatic carbocycles. The number of benzene rings is 5. The number of hydrogen-bond donors (Lipinski definition) is 1. The van der Waals surface area contributed by atoms with Gasteiger partial charge in [0.25, 0.3) is 0 Å². The Morgan fingerprint density at radius 2 is 1.31 bits per heavy atom. The number of hydrogen-bond acceptors (Lipinski definition) is 1. The Labute approximate surface area is 215 Å². The molecule has 1 nitrogen and oxygen atoms in total. The van der Waals surface area contributed by atoms with Crippen molar-refractivity contribution in [1.82, 2.24) is 0 Å². The highest BCUT2D eigenvalue weighted by Crippen LogP contribution is 2.40. The maximum Gasteiger partial charge on any atom is 0.0537 e. The molecule has 0 unspecified atom stereocenters. The molecule has 0 aliphatic rings. The number of allylic oxidation sites excluding steroid dienone is 1. The fraction of sp³-hybridized carbons (Fsp3) is 0.143. The minimum Gasteiger partial charge on any atom is -0.355 e. The van der Waals surface area contributed by atoms with E-state index in [2.05, 4.69) is 154 Å². The summed E-state index contributed by atoms with van der Waals surface area (Å²) < 4.78 is 0. The fourth-order valence-corrected chi connectivity index (χ4v) is 4.99. The van der Waals surface area contributed by atoms with Gasteiger partial charge in [-0.15, -0.1) is 0 Å². The molecular weight excluding hydrogens is 434 g/mol. The van der Waals surface area contributed by atoms with Crippen molar-refractivity contribution in [1.29, 1.82) is 0 Å². The van der Waals surface area contributed by atoms with E-state index in [1.807, 2.05) is 0 Å². The highest BCUT2D eigenvalue weighted by atomic mass is 14.9. The third-order valence-corrected chi connectivity index (χ3v) is 6.70. The second-order valence-corrected chi connectivity index (χ2v) is 10.3. The van der Waals surface area contributed by atoms with E-state index in [9.17, 15) is 0 Å². The van der Waals surface area contributed by atoms with Gasteiger partial charge in [0, 0.05) is 11.1 Å². The number of nitrogens with one attached hydrogen (secondary N) is 1. The van der Waals surface area contributed by atoms with Crippen LogP contribution in [0.5, 0.6) is 0 Å². The monoisotopic (exact) mass is 467 g/mol. The van der Waals surface area contributed by atoms with Gasteiger partial charge in [-0.25, -0.2) is 0 Å². The van der Waals surface area contributed by atoms with Gasteiger partial charge in [0.05, 0.1) is 5.69 Å². The van der Waals surface area contributed by atoms with Gasteiger partial charge >= 0.3 is 0 Å². The quantitative estimate of drug-likeness (QED) is 0.271. The van der Waals surface area contributed by atoms with Crippen LogP contribution in [0, 0.1) is 0 Å². The first-order chi connectivity index (χ1) is 17.5. The molecule has 5 aromatic rings. The van der Waals surface area contributed by atoms with E-state index in [1.54, 1.807) is 0 Å². The second-order valence-electron chi connectivity index (χ2n) is 10.3. The Morgan fingerprint density at radius 3 is 2.08 bits per heavy atom. The van der Waals surface area contributed by atoms with Crippen LogP contribution in [-0.4, -0.2) is 0 Å². The van der Waals surface area contributed by atoms with Crippen molar-refractivity contribution < 1.29 is 0 Å².